The molecule has 0 spiro atoms. The van der Waals surface area contributed by atoms with Crippen molar-refractivity contribution in [1.29, 1.82) is 0 Å². The summed E-state index contributed by atoms with van der Waals surface area (Å²) in [5, 5.41) is 7.73. The van der Waals surface area contributed by atoms with E-state index in [4.69, 9.17) is 9.61 Å². The highest BCUT2D eigenvalue weighted by Crippen LogP contribution is 2.24. The summed E-state index contributed by atoms with van der Waals surface area (Å²) < 4.78 is 4.75. The van der Waals surface area contributed by atoms with Gasteiger partial charge >= 0.3 is 0 Å². The van der Waals surface area contributed by atoms with E-state index in [1.807, 2.05) is 12.1 Å². The summed E-state index contributed by atoms with van der Waals surface area (Å²) in [6.07, 6.45) is 4.45. The Labute approximate surface area is 96.8 Å². The lowest BCUT2D eigenvalue weighted by atomic mass is 10.0. The summed E-state index contributed by atoms with van der Waals surface area (Å²) in [6, 6.07) is 3.81. The summed E-state index contributed by atoms with van der Waals surface area (Å²) in [5.41, 5.74) is 5.39. The van der Waals surface area contributed by atoms with E-state index in [1.165, 1.54) is 12.8 Å². The summed E-state index contributed by atoms with van der Waals surface area (Å²) in [5.74, 6) is 0. The lowest BCUT2D eigenvalue weighted by Gasteiger charge is -2.13. The van der Waals surface area contributed by atoms with E-state index in [2.05, 4.69) is 15.3 Å². The van der Waals surface area contributed by atoms with Crippen molar-refractivity contribution in [1.82, 2.24) is 20.3 Å². The number of aromatic nitrogens is 4. The van der Waals surface area contributed by atoms with E-state index in [1.54, 1.807) is 0 Å². The molecule has 4 rings (SSSR count). The monoisotopic (exact) mass is 226 g/mol. The Morgan fingerprint density at radius 1 is 0.824 bits per heavy atom. The third kappa shape index (κ3) is 1.25. The summed E-state index contributed by atoms with van der Waals surface area (Å²) >= 11 is 0. The van der Waals surface area contributed by atoms with Crippen molar-refractivity contribution in [3.63, 3.8) is 0 Å². The van der Waals surface area contributed by atoms with E-state index in [-0.39, 0.29) is 0 Å². The minimum atomic E-state index is 0.711. The van der Waals surface area contributed by atoms with Gasteiger partial charge in [-0.25, -0.2) is 14.6 Å². The van der Waals surface area contributed by atoms with Crippen LogP contribution in [0.3, 0.4) is 0 Å². The highest BCUT2D eigenvalue weighted by Gasteiger charge is 2.15. The van der Waals surface area contributed by atoms with Gasteiger partial charge in [0.1, 0.15) is 11.0 Å². The van der Waals surface area contributed by atoms with Crippen LogP contribution in [-0.4, -0.2) is 20.3 Å². The highest BCUT2D eigenvalue weighted by atomic mass is 16.6. The molecular weight excluding hydrogens is 216 g/mol. The molecule has 1 aromatic carbocycles. The van der Waals surface area contributed by atoms with Crippen molar-refractivity contribution >= 4 is 22.1 Å². The van der Waals surface area contributed by atoms with Gasteiger partial charge in [0.15, 0.2) is 5.52 Å². The smallest absolute Gasteiger partial charge is 0.163 e. The van der Waals surface area contributed by atoms with Crippen molar-refractivity contribution in [3.8, 4) is 0 Å². The van der Waals surface area contributed by atoms with Gasteiger partial charge in [0.25, 0.3) is 0 Å². The predicted octanol–water partition coefficient (Wildman–Crippen LogP) is 2.04. The number of hydrogen-bond acceptors (Lipinski definition) is 5. The normalized spacial score (nSPS) is 15.3. The Morgan fingerprint density at radius 2 is 1.59 bits per heavy atom. The number of rotatable bonds is 0. The number of nitrogens with zero attached hydrogens (tertiary/aromatic N) is 4. The minimum absolute atomic E-state index is 0.711. The first-order valence-corrected chi connectivity index (χ1v) is 5.82. The molecule has 0 aliphatic heterocycles. The van der Waals surface area contributed by atoms with Crippen LogP contribution >= 0.6 is 0 Å². The van der Waals surface area contributed by atoms with Gasteiger partial charge in [0.05, 0.1) is 16.9 Å². The molecule has 84 valence electrons. The molecule has 0 unspecified atom stereocenters. The van der Waals surface area contributed by atoms with Crippen molar-refractivity contribution in [3.05, 3.63) is 23.5 Å². The molecule has 0 atom stereocenters. The van der Waals surface area contributed by atoms with Crippen molar-refractivity contribution in [2.45, 2.75) is 25.7 Å². The summed E-state index contributed by atoms with van der Waals surface area (Å²) in [6.45, 7) is 0. The lowest BCUT2D eigenvalue weighted by Crippen LogP contribution is -2.08. The maximum atomic E-state index is 4.75. The van der Waals surface area contributed by atoms with Gasteiger partial charge in [-0.05, 0) is 48.1 Å². The molecule has 1 aliphatic carbocycles. The third-order valence-electron chi connectivity index (χ3n) is 3.29. The first kappa shape index (κ1) is 9.04. The van der Waals surface area contributed by atoms with Gasteiger partial charge in [-0.2, -0.15) is 0 Å². The van der Waals surface area contributed by atoms with Crippen LogP contribution in [0.1, 0.15) is 24.2 Å². The fraction of sp³-hybridized carbons (Fsp3) is 0.333. The molecule has 0 saturated carbocycles. The maximum Gasteiger partial charge on any atom is 0.163 e. The van der Waals surface area contributed by atoms with E-state index >= 15 is 0 Å². The zero-order valence-electron chi connectivity index (χ0n) is 9.18. The highest BCUT2D eigenvalue weighted by molar-refractivity contribution is 5.99. The van der Waals surface area contributed by atoms with Gasteiger partial charge in [-0.3, -0.25) is 0 Å². The van der Waals surface area contributed by atoms with Crippen LogP contribution in [0.5, 0.6) is 0 Å². The second kappa shape index (κ2) is 3.23. The molecule has 0 amide bonds. The molecule has 0 N–H and O–H groups in total. The van der Waals surface area contributed by atoms with Crippen LogP contribution in [-0.2, 0) is 12.8 Å². The van der Waals surface area contributed by atoms with Crippen LogP contribution in [0, 0.1) is 0 Å². The van der Waals surface area contributed by atoms with Crippen LogP contribution in [0.2, 0.25) is 0 Å². The Kier molecular flexibility index (Phi) is 1.72. The minimum Gasteiger partial charge on any atom is -0.249 e. The van der Waals surface area contributed by atoms with Gasteiger partial charge < -0.3 is 0 Å². The largest absolute Gasteiger partial charge is 0.249 e. The van der Waals surface area contributed by atoms with Gasteiger partial charge in [-0.15, -0.1) is 0 Å². The second-order valence-electron chi connectivity index (χ2n) is 4.39. The first-order valence-electron chi connectivity index (χ1n) is 5.82. The molecule has 0 radical (unpaired) electrons. The molecule has 2 aromatic heterocycles. The first-order chi connectivity index (χ1) is 8.42. The van der Waals surface area contributed by atoms with Gasteiger partial charge in [0, 0.05) is 0 Å². The number of fused-ring (bicyclic) bond motifs is 4. The fourth-order valence-corrected chi connectivity index (χ4v) is 2.42. The number of aryl methyl sites for hydroxylation is 2. The van der Waals surface area contributed by atoms with E-state index in [9.17, 15) is 0 Å². The van der Waals surface area contributed by atoms with E-state index in [0.717, 1.165) is 40.8 Å². The molecule has 1 aliphatic rings. The summed E-state index contributed by atoms with van der Waals surface area (Å²) in [7, 11) is 0. The molecular formula is C12H10N4O. The number of hydrogen-bond donors (Lipinski definition) is 0. The Bertz CT molecular complexity index is 719. The van der Waals surface area contributed by atoms with Gasteiger partial charge in [-0.1, -0.05) is 0 Å². The average Bonchev–Trinajstić information content (AvgIpc) is 2.85. The molecule has 2 heterocycles. The molecule has 0 bridgehead atoms. The predicted molar refractivity (Wildman–Crippen MR) is 61.5 cm³/mol. The van der Waals surface area contributed by atoms with Crippen LogP contribution in [0.15, 0.2) is 16.8 Å². The van der Waals surface area contributed by atoms with Crippen LogP contribution < -0.4 is 0 Å². The maximum absolute atomic E-state index is 4.75. The quantitative estimate of drug-likeness (QED) is 0.587. The molecule has 17 heavy (non-hydrogen) atoms. The molecule has 0 saturated heterocycles. The zero-order chi connectivity index (χ0) is 11.2. The fourth-order valence-electron chi connectivity index (χ4n) is 2.42. The van der Waals surface area contributed by atoms with Crippen molar-refractivity contribution in [2.75, 3.05) is 0 Å². The van der Waals surface area contributed by atoms with Crippen molar-refractivity contribution < 1.29 is 4.63 Å². The Morgan fingerprint density at radius 3 is 2.47 bits per heavy atom. The average molecular weight is 226 g/mol. The Hall–Kier alpha value is -2.04. The third-order valence-corrected chi connectivity index (χ3v) is 3.29. The molecule has 5 nitrogen and oxygen atoms in total. The molecule has 3 aromatic rings. The number of benzene rings is 1. The zero-order valence-corrected chi connectivity index (χ0v) is 9.18. The van der Waals surface area contributed by atoms with Crippen molar-refractivity contribution in [2.24, 2.45) is 0 Å². The molecule has 0 fully saturated rings. The second-order valence-corrected chi connectivity index (χ2v) is 4.39. The topological polar surface area (TPSA) is 64.7 Å². The van der Waals surface area contributed by atoms with Gasteiger partial charge in [0.2, 0.25) is 0 Å². The SMILES string of the molecule is c1cc2nc3c(nc2c2nonc12)CCCC3. The van der Waals surface area contributed by atoms with E-state index < -0.39 is 0 Å². The Balaban J connectivity index is 2.12. The molecule has 5 heteroatoms. The lowest BCUT2D eigenvalue weighted by molar-refractivity contribution is 0.315. The van der Waals surface area contributed by atoms with Crippen LogP contribution in [0.25, 0.3) is 22.1 Å². The standard InChI is InChI=1S/C12H10N4O/c1-2-4-8-7(3-1)13-9-5-6-10-12(11(9)14-8)16-17-15-10/h5-6H,1-4H2. The summed E-state index contributed by atoms with van der Waals surface area (Å²) in [4.78, 5) is 9.36. The van der Waals surface area contributed by atoms with Crippen LogP contribution in [0.4, 0.5) is 0 Å². The van der Waals surface area contributed by atoms with E-state index in [0.29, 0.717) is 5.52 Å².